The molecule has 30 heavy (non-hydrogen) atoms. The van der Waals surface area contributed by atoms with Crippen molar-refractivity contribution in [2.45, 2.75) is 104 Å². The molecule has 0 aromatic heterocycles. The topological polar surface area (TPSA) is 90.0 Å². The van der Waals surface area contributed by atoms with E-state index in [0.717, 1.165) is 38.6 Å². The second-order valence-electron chi connectivity index (χ2n) is 9.82. The van der Waals surface area contributed by atoms with Gasteiger partial charge in [-0.2, -0.15) is 0 Å². The largest absolute Gasteiger partial charge is 0.391 e. The summed E-state index contributed by atoms with van der Waals surface area (Å²) in [5.41, 5.74) is -0.543. The summed E-state index contributed by atoms with van der Waals surface area (Å²) in [6.07, 6.45) is 3.59. The van der Waals surface area contributed by atoms with Crippen molar-refractivity contribution < 1.29 is 19.5 Å². The lowest BCUT2D eigenvalue weighted by Crippen LogP contribution is -2.56. The van der Waals surface area contributed by atoms with Crippen molar-refractivity contribution in [2.75, 3.05) is 19.6 Å². The van der Waals surface area contributed by atoms with Crippen LogP contribution in [-0.4, -0.2) is 75.9 Å². The van der Waals surface area contributed by atoms with Gasteiger partial charge in [0.05, 0.1) is 18.7 Å². The number of aliphatic hydroxyl groups is 1. The van der Waals surface area contributed by atoms with Crippen molar-refractivity contribution in [1.29, 1.82) is 0 Å². The molecule has 2 aliphatic rings. The molecular weight excluding hydrogens is 382 g/mol. The Morgan fingerprint density at radius 2 is 1.67 bits per heavy atom. The molecule has 3 unspecified atom stereocenters. The fourth-order valence-electron chi connectivity index (χ4n) is 4.59. The molecule has 2 aliphatic heterocycles. The highest BCUT2D eigenvalue weighted by Crippen LogP contribution is 2.32. The number of nitrogens with one attached hydrogen (secondary N) is 1. The van der Waals surface area contributed by atoms with Crippen molar-refractivity contribution in [3.8, 4) is 0 Å². The zero-order chi connectivity index (χ0) is 22.7. The number of ketones is 1. The van der Waals surface area contributed by atoms with E-state index < -0.39 is 17.6 Å². The van der Waals surface area contributed by atoms with Gasteiger partial charge in [0.25, 0.3) is 0 Å². The average molecular weight is 424 g/mol. The van der Waals surface area contributed by atoms with E-state index in [0.29, 0.717) is 0 Å². The first kappa shape index (κ1) is 24.8. The lowest BCUT2D eigenvalue weighted by Gasteiger charge is -2.40. The third-order valence-electron chi connectivity index (χ3n) is 7.70. The molecule has 2 saturated heterocycles. The Morgan fingerprint density at radius 3 is 2.23 bits per heavy atom. The molecule has 0 aromatic carbocycles. The van der Waals surface area contributed by atoms with Gasteiger partial charge in [0.15, 0.2) is 5.78 Å². The van der Waals surface area contributed by atoms with Crippen molar-refractivity contribution >= 4 is 17.6 Å². The van der Waals surface area contributed by atoms with Crippen LogP contribution >= 0.6 is 0 Å². The fourth-order valence-corrected chi connectivity index (χ4v) is 4.59. The van der Waals surface area contributed by atoms with Crippen molar-refractivity contribution in [2.24, 2.45) is 5.41 Å². The predicted molar refractivity (Wildman–Crippen MR) is 117 cm³/mol. The average Bonchev–Trinajstić information content (AvgIpc) is 3.38. The van der Waals surface area contributed by atoms with Crippen molar-refractivity contribution in [3.05, 3.63) is 0 Å². The number of aliphatic hydroxyl groups excluding tert-OH is 1. The first-order chi connectivity index (χ1) is 14.0. The van der Waals surface area contributed by atoms with Crippen LogP contribution < -0.4 is 5.32 Å². The standard InChI is InChI=1S/C23H41N3O4/c1-7-22(4,5)26-12-10-11-17(26)21(30)25-15-16(27)13-18(25)20(29)24-14-19(28)23(6,8-2)9-3/h16-18,27H,7-15H2,1-6H3,(H,24,29). The summed E-state index contributed by atoms with van der Waals surface area (Å²) in [6.45, 7) is 13.3. The third kappa shape index (κ3) is 5.05. The van der Waals surface area contributed by atoms with E-state index in [1.54, 1.807) is 0 Å². The van der Waals surface area contributed by atoms with Crippen LogP contribution in [0, 0.1) is 5.41 Å². The highest BCUT2D eigenvalue weighted by atomic mass is 16.3. The van der Waals surface area contributed by atoms with Crippen LogP contribution in [0.1, 0.15) is 80.1 Å². The van der Waals surface area contributed by atoms with Gasteiger partial charge in [0.1, 0.15) is 6.04 Å². The molecule has 0 saturated carbocycles. The second kappa shape index (κ2) is 9.77. The van der Waals surface area contributed by atoms with Gasteiger partial charge in [-0.05, 0) is 52.5 Å². The highest BCUT2D eigenvalue weighted by Gasteiger charge is 2.46. The van der Waals surface area contributed by atoms with Crippen LogP contribution in [0.5, 0.6) is 0 Å². The van der Waals surface area contributed by atoms with Gasteiger partial charge in [0, 0.05) is 23.9 Å². The van der Waals surface area contributed by atoms with E-state index in [4.69, 9.17) is 0 Å². The number of nitrogens with zero attached hydrogens (tertiary/aromatic N) is 2. The fraction of sp³-hybridized carbons (Fsp3) is 0.870. The van der Waals surface area contributed by atoms with Gasteiger partial charge < -0.3 is 15.3 Å². The summed E-state index contributed by atoms with van der Waals surface area (Å²) < 4.78 is 0. The van der Waals surface area contributed by atoms with E-state index in [2.05, 4.69) is 31.0 Å². The summed E-state index contributed by atoms with van der Waals surface area (Å²) in [5.74, 6) is -0.421. The monoisotopic (exact) mass is 423 g/mol. The molecule has 0 bridgehead atoms. The number of carbonyl (C=O) groups excluding carboxylic acids is 3. The molecule has 7 heteroatoms. The number of Topliss-reactive ketones (excluding diaryl/α,β-unsaturated/α-hetero) is 1. The Labute approximate surface area is 181 Å². The molecule has 2 N–H and O–H groups in total. The third-order valence-corrected chi connectivity index (χ3v) is 7.70. The second-order valence-corrected chi connectivity index (χ2v) is 9.82. The van der Waals surface area contributed by atoms with Crippen LogP contribution in [0.4, 0.5) is 0 Å². The number of amides is 2. The first-order valence-corrected chi connectivity index (χ1v) is 11.6. The molecule has 0 aliphatic carbocycles. The van der Waals surface area contributed by atoms with Crippen LogP contribution in [0.2, 0.25) is 0 Å². The normalized spacial score (nSPS) is 25.6. The Bertz CT molecular complexity index is 644. The number of hydrogen-bond acceptors (Lipinski definition) is 5. The van der Waals surface area contributed by atoms with Gasteiger partial charge in [-0.25, -0.2) is 0 Å². The van der Waals surface area contributed by atoms with E-state index in [1.165, 1.54) is 4.90 Å². The zero-order valence-corrected chi connectivity index (χ0v) is 19.7. The molecular formula is C23H41N3O4. The molecule has 2 amide bonds. The molecule has 0 spiro atoms. The Morgan fingerprint density at radius 1 is 1.03 bits per heavy atom. The smallest absolute Gasteiger partial charge is 0.243 e. The predicted octanol–water partition coefficient (Wildman–Crippen LogP) is 2.11. The number of carbonyl (C=O) groups is 3. The molecule has 2 heterocycles. The summed E-state index contributed by atoms with van der Waals surface area (Å²) in [5, 5.41) is 13.0. The first-order valence-electron chi connectivity index (χ1n) is 11.6. The van der Waals surface area contributed by atoms with Crippen LogP contribution in [0.25, 0.3) is 0 Å². The zero-order valence-electron chi connectivity index (χ0n) is 19.7. The maximum Gasteiger partial charge on any atom is 0.243 e. The summed E-state index contributed by atoms with van der Waals surface area (Å²) >= 11 is 0. The minimum Gasteiger partial charge on any atom is -0.391 e. The van der Waals surface area contributed by atoms with Crippen molar-refractivity contribution in [1.82, 2.24) is 15.1 Å². The van der Waals surface area contributed by atoms with E-state index in [1.807, 2.05) is 20.8 Å². The van der Waals surface area contributed by atoms with Crippen LogP contribution in [-0.2, 0) is 14.4 Å². The van der Waals surface area contributed by atoms with Gasteiger partial charge in [-0.1, -0.05) is 27.7 Å². The lowest BCUT2D eigenvalue weighted by atomic mass is 9.80. The minimum atomic E-state index is -0.720. The molecule has 2 rings (SSSR count). The van der Waals surface area contributed by atoms with Gasteiger partial charge in [0.2, 0.25) is 11.8 Å². The number of likely N-dealkylation sites (tertiary alicyclic amines) is 2. The summed E-state index contributed by atoms with van der Waals surface area (Å²) in [7, 11) is 0. The maximum atomic E-state index is 13.4. The van der Waals surface area contributed by atoms with Gasteiger partial charge >= 0.3 is 0 Å². The number of hydrogen-bond donors (Lipinski definition) is 2. The molecule has 7 nitrogen and oxygen atoms in total. The Hall–Kier alpha value is -1.47. The quantitative estimate of drug-likeness (QED) is 0.593. The van der Waals surface area contributed by atoms with Crippen molar-refractivity contribution in [3.63, 3.8) is 0 Å². The molecule has 0 aromatic rings. The summed E-state index contributed by atoms with van der Waals surface area (Å²) in [4.78, 5) is 42.6. The molecule has 3 atom stereocenters. The number of β-amino-alcohol motifs (C(OH)–C–C–N with tert-alkyl or cyclic N) is 1. The van der Waals surface area contributed by atoms with Gasteiger partial charge in [-0.3, -0.25) is 19.3 Å². The molecule has 172 valence electrons. The van der Waals surface area contributed by atoms with E-state index in [9.17, 15) is 19.5 Å². The molecule has 2 fully saturated rings. The van der Waals surface area contributed by atoms with E-state index >= 15 is 0 Å². The van der Waals surface area contributed by atoms with Gasteiger partial charge in [-0.15, -0.1) is 0 Å². The number of rotatable bonds is 9. The summed E-state index contributed by atoms with van der Waals surface area (Å²) in [6, 6.07) is -0.979. The highest BCUT2D eigenvalue weighted by molar-refractivity contribution is 5.94. The van der Waals surface area contributed by atoms with Crippen LogP contribution in [0.3, 0.4) is 0 Å². The van der Waals surface area contributed by atoms with Crippen LogP contribution in [0.15, 0.2) is 0 Å². The SMILES string of the molecule is CCC(C)(CC)C(=O)CNC(=O)C1CC(O)CN1C(=O)C1CCCN1C(C)(C)CC. The Kier molecular flexibility index (Phi) is 8.08. The maximum absolute atomic E-state index is 13.4. The van der Waals surface area contributed by atoms with E-state index in [-0.39, 0.29) is 48.7 Å². The molecule has 0 radical (unpaired) electrons. The minimum absolute atomic E-state index is 0.00364. The Balaban J connectivity index is 2.08. The lowest BCUT2D eigenvalue weighted by molar-refractivity contribution is -0.143.